The van der Waals surface area contributed by atoms with Crippen molar-refractivity contribution in [1.82, 2.24) is 4.98 Å². The van der Waals surface area contributed by atoms with Gasteiger partial charge in [-0.3, -0.25) is 9.78 Å². The molecule has 0 saturated heterocycles. The summed E-state index contributed by atoms with van der Waals surface area (Å²) in [5, 5.41) is 0.435. The van der Waals surface area contributed by atoms with Crippen LogP contribution in [0.2, 0.25) is 5.02 Å². The fourth-order valence-electron chi connectivity index (χ4n) is 1.46. The van der Waals surface area contributed by atoms with Gasteiger partial charge in [-0.15, -0.1) is 0 Å². The third-order valence-electron chi connectivity index (χ3n) is 2.45. The number of pyridine rings is 1. The average molecular weight is 278 g/mol. The Kier molecular flexibility index (Phi) is 3.87. The summed E-state index contributed by atoms with van der Waals surface area (Å²) in [6, 6.07) is 8.34. The highest BCUT2D eigenvalue weighted by atomic mass is 35.5. The van der Waals surface area contributed by atoms with Crippen LogP contribution in [0.3, 0.4) is 0 Å². The highest BCUT2D eigenvalue weighted by Crippen LogP contribution is 2.24. The maximum absolute atomic E-state index is 11.0. The van der Waals surface area contributed by atoms with Gasteiger partial charge in [0.05, 0.1) is 10.7 Å². The number of hydrogen-bond donors (Lipinski definition) is 2. The van der Waals surface area contributed by atoms with Crippen LogP contribution in [-0.4, -0.2) is 10.9 Å². The van der Waals surface area contributed by atoms with Crippen LogP contribution >= 0.6 is 11.6 Å². The largest absolute Gasteiger partial charge is 0.489 e. The van der Waals surface area contributed by atoms with Crippen LogP contribution in [0, 0.1) is 0 Å². The standard InChI is InChI=1S/C13H12ClN3O2/c14-10-6-9(1-2-11(10)15)19-7-8-3-4-17-12(5-8)13(16)18/h1-6H,7,15H2,(H2,16,18). The van der Waals surface area contributed by atoms with Gasteiger partial charge in [0.15, 0.2) is 0 Å². The number of primary amides is 1. The van der Waals surface area contributed by atoms with Crippen LogP contribution in [0.25, 0.3) is 0 Å². The van der Waals surface area contributed by atoms with Crippen molar-refractivity contribution in [3.05, 3.63) is 52.8 Å². The van der Waals surface area contributed by atoms with Gasteiger partial charge in [0.2, 0.25) is 0 Å². The van der Waals surface area contributed by atoms with Gasteiger partial charge in [-0.25, -0.2) is 0 Å². The molecule has 0 fully saturated rings. The SMILES string of the molecule is NC(=O)c1cc(COc2ccc(N)c(Cl)c2)ccn1. The molecular formula is C13H12ClN3O2. The molecule has 0 aliphatic carbocycles. The number of nitrogens with zero attached hydrogens (tertiary/aromatic N) is 1. The molecule has 5 nitrogen and oxygen atoms in total. The summed E-state index contributed by atoms with van der Waals surface area (Å²) in [6.45, 7) is 0.281. The molecule has 19 heavy (non-hydrogen) atoms. The van der Waals surface area contributed by atoms with E-state index >= 15 is 0 Å². The Hall–Kier alpha value is -2.27. The lowest BCUT2D eigenvalue weighted by Gasteiger charge is -2.08. The predicted molar refractivity (Wildman–Crippen MR) is 73.0 cm³/mol. The van der Waals surface area contributed by atoms with Gasteiger partial charge >= 0.3 is 0 Å². The fourth-order valence-corrected chi connectivity index (χ4v) is 1.63. The number of rotatable bonds is 4. The minimum atomic E-state index is -0.572. The Bertz CT molecular complexity index is 617. The van der Waals surface area contributed by atoms with E-state index in [1.54, 1.807) is 30.3 Å². The normalized spacial score (nSPS) is 10.2. The topological polar surface area (TPSA) is 91.2 Å². The zero-order chi connectivity index (χ0) is 13.8. The van der Waals surface area contributed by atoms with Crippen molar-refractivity contribution < 1.29 is 9.53 Å². The van der Waals surface area contributed by atoms with Crippen LogP contribution in [0.15, 0.2) is 36.5 Å². The number of aromatic nitrogens is 1. The van der Waals surface area contributed by atoms with Gasteiger partial charge in [0, 0.05) is 12.3 Å². The van der Waals surface area contributed by atoms with Crippen LogP contribution in [0.4, 0.5) is 5.69 Å². The van der Waals surface area contributed by atoms with Crippen molar-refractivity contribution in [2.45, 2.75) is 6.61 Å². The monoisotopic (exact) mass is 277 g/mol. The lowest BCUT2D eigenvalue weighted by atomic mass is 10.2. The minimum Gasteiger partial charge on any atom is -0.489 e. The molecule has 0 aliphatic heterocycles. The molecule has 0 spiro atoms. The van der Waals surface area contributed by atoms with E-state index in [2.05, 4.69) is 4.98 Å². The van der Waals surface area contributed by atoms with Crippen molar-refractivity contribution in [3.8, 4) is 5.75 Å². The Morgan fingerprint density at radius 3 is 2.79 bits per heavy atom. The lowest BCUT2D eigenvalue weighted by Crippen LogP contribution is -2.13. The molecule has 1 aromatic carbocycles. The second kappa shape index (κ2) is 5.58. The fraction of sp³-hybridized carbons (Fsp3) is 0.0769. The Morgan fingerprint density at radius 2 is 2.11 bits per heavy atom. The van der Waals surface area contributed by atoms with Gasteiger partial charge < -0.3 is 16.2 Å². The first kappa shape index (κ1) is 13.2. The Labute approximate surface area is 115 Å². The number of ether oxygens (including phenoxy) is 1. The molecule has 1 aromatic heterocycles. The summed E-state index contributed by atoms with van der Waals surface area (Å²) >= 11 is 5.89. The predicted octanol–water partition coefficient (Wildman–Crippen LogP) is 2.00. The zero-order valence-corrected chi connectivity index (χ0v) is 10.7. The Morgan fingerprint density at radius 1 is 1.32 bits per heavy atom. The van der Waals surface area contributed by atoms with Crippen molar-refractivity contribution in [3.63, 3.8) is 0 Å². The molecule has 2 rings (SSSR count). The molecule has 0 aliphatic rings. The second-order valence-electron chi connectivity index (χ2n) is 3.89. The number of nitrogen functional groups attached to an aromatic ring is 1. The quantitative estimate of drug-likeness (QED) is 0.836. The Balaban J connectivity index is 2.07. The maximum Gasteiger partial charge on any atom is 0.267 e. The van der Waals surface area contributed by atoms with Gasteiger partial charge in [-0.05, 0) is 29.8 Å². The second-order valence-corrected chi connectivity index (χ2v) is 4.29. The number of hydrogen-bond acceptors (Lipinski definition) is 4. The van der Waals surface area contributed by atoms with Crippen LogP contribution < -0.4 is 16.2 Å². The van der Waals surface area contributed by atoms with E-state index in [1.165, 1.54) is 6.20 Å². The van der Waals surface area contributed by atoms with E-state index in [0.717, 1.165) is 5.56 Å². The molecule has 1 amide bonds. The molecule has 2 aromatic rings. The van der Waals surface area contributed by atoms with Crippen LogP contribution in [-0.2, 0) is 6.61 Å². The average Bonchev–Trinajstić information content (AvgIpc) is 2.40. The van der Waals surface area contributed by atoms with Crippen molar-refractivity contribution in [1.29, 1.82) is 0 Å². The van der Waals surface area contributed by atoms with Gasteiger partial charge in [-0.2, -0.15) is 0 Å². The lowest BCUT2D eigenvalue weighted by molar-refractivity contribution is 0.0995. The molecule has 0 unspecified atom stereocenters. The number of halogens is 1. The first-order valence-electron chi connectivity index (χ1n) is 5.49. The minimum absolute atomic E-state index is 0.205. The van der Waals surface area contributed by atoms with Crippen molar-refractivity contribution in [2.24, 2.45) is 5.73 Å². The van der Waals surface area contributed by atoms with Crippen LogP contribution in [0.1, 0.15) is 16.1 Å². The summed E-state index contributed by atoms with van der Waals surface area (Å²) in [6.07, 6.45) is 1.51. The van der Waals surface area contributed by atoms with E-state index in [9.17, 15) is 4.79 Å². The van der Waals surface area contributed by atoms with Crippen molar-refractivity contribution in [2.75, 3.05) is 5.73 Å². The molecule has 0 atom stereocenters. The number of nitrogens with two attached hydrogens (primary N) is 2. The first-order valence-corrected chi connectivity index (χ1v) is 5.86. The number of carbonyl (C=O) groups excluding carboxylic acids is 1. The van der Waals surface area contributed by atoms with Gasteiger partial charge in [0.1, 0.15) is 18.1 Å². The number of anilines is 1. The summed E-state index contributed by atoms with van der Waals surface area (Å²) in [5.74, 6) is 0.0222. The molecule has 0 radical (unpaired) electrons. The zero-order valence-electron chi connectivity index (χ0n) is 9.97. The van der Waals surface area contributed by atoms with E-state index in [0.29, 0.717) is 16.5 Å². The van der Waals surface area contributed by atoms with E-state index in [4.69, 9.17) is 27.8 Å². The molecule has 6 heteroatoms. The summed E-state index contributed by atoms with van der Waals surface area (Å²) in [7, 11) is 0. The molecule has 0 saturated carbocycles. The molecule has 98 valence electrons. The van der Waals surface area contributed by atoms with Crippen molar-refractivity contribution >= 4 is 23.2 Å². The molecule has 1 heterocycles. The highest BCUT2D eigenvalue weighted by Gasteiger charge is 2.04. The third kappa shape index (κ3) is 3.35. The summed E-state index contributed by atoms with van der Waals surface area (Å²) < 4.78 is 5.54. The highest BCUT2D eigenvalue weighted by molar-refractivity contribution is 6.33. The first-order chi connectivity index (χ1) is 9.06. The number of benzene rings is 1. The van der Waals surface area contributed by atoms with Gasteiger partial charge in [0.25, 0.3) is 5.91 Å². The summed E-state index contributed by atoms with van der Waals surface area (Å²) in [5.41, 5.74) is 12.2. The summed E-state index contributed by atoms with van der Waals surface area (Å²) in [4.78, 5) is 14.8. The molecule has 0 bridgehead atoms. The van der Waals surface area contributed by atoms with Gasteiger partial charge in [-0.1, -0.05) is 11.6 Å². The number of amides is 1. The number of carbonyl (C=O) groups is 1. The van der Waals surface area contributed by atoms with E-state index < -0.39 is 5.91 Å². The molecule has 4 N–H and O–H groups in total. The maximum atomic E-state index is 11.0. The third-order valence-corrected chi connectivity index (χ3v) is 2.78. The van der Waals surface area contributed by atoms with E-state index in [1.807, 2.05) is 0 Å². The van der Waals surface area contributed by atoms with E-state index in [-0.39, 0.29) is 12.3 Å². The van der Waals surface area contributed by atoms with Crippen LogP contribution in [0.5, 0.6) is 5.75 Å². The molecular weight excluding hydrogens is 266 g/mol. The smallest absolute Gasteiger partial charge is 0.267 e.